The fourth-order valence-corrected chi connectivity index (χ4v) is 2.03. The number of nitrogens with zero attached hydrogens (tertiary/aromatic N) is 2. The number of amides is 1. The van der Waals surface area contributed by atoms with E-state index in [0.717, 1.165) is 5.52 Å². The molecule has 0 saturated heterocycles. The predicted molar refractivity (Wildman–Crippen MR) is 78.3 cm³/mol. The van der Waals surface area contributed by atoms with Gasteiger partial charge in [-0.05, 0) is 24.3 Å². The molecule has 3 rings (SSSR count). The van der Waals surface area contributed by atoms with Crippen molar-refractivity contribution in [3.05, 3.63) is 48.5 Å². The van der Waals surface area contributed by atoms with Crippen molar-refractivity contribution in [2.45, 2.75) is 6.42 Å². The lowest BCUT2D eigenvalue weighted by Gasteiger charge is -2.06. The summed E-state index contributed by atoms with van der Waals surface area (Å²) in [6.07, 6.45) is -0.193. The summed E-state index contributed by atoms with van der Waals surface area (Å²) in [5.74, 6) is 0.0742. The number of anilines is 1. The van der Waals surface area contributed by atoms with Crippen molar-refractivity contribution in [1.29, 1.82) is 5.26 Å². The van der Waals surface area contributed by atoms with Crippen LogP contribution in [0.2, 0.25) is 0 Å². The molecule has 0 aliphatic carbocycles. The van der Waals surface area contributed by atoms with E-state index in [1.54, 1.807) is 12.1 Å². The van der Waals surface area contributed by atoms with Crippen LogP contribution in [0.4, 0.5) is 5.69 Å². The largest absolute Gasteiger partial charge is 0.436 e. The molecule has 5 nitrogen and oxygen atoms in total. The van der Waals surface area contributed by atoms with Crippen LogP contribution in [0.25, 0.3) is 22.6 Å². The minimum absolute atomic E-state index is 0.193. The lowest BCUT2D eigenvalue weighted by atomic mass is 10.1. The molecule has 3 aromatic rings. The van der Waals surface area contributed by atoms with E-state index in [4.69, 9.17) is 9.68 Å². The van der Waals surface area contributed by atoms with E-state index in [-0.39, 0.29) is 12.3 Å². The van der Waals surface area contributed by atoms with Crippen LogP contribution in [0, 0.1) is 11.3 Å². The second-order valence-electron chi connectivity index (χ2n) is 4.42. The molecule has 1 heterocycles. The van der Waals surface area contributed by atoms with Crippen molar-refractivity contribution in [2.24, 2.45) is 0 Å². The predicted octanol–water partition coefficient (Wildman–Crippen LogP) is 3.35. The number of para-hydroxylation sites is 3. The van der Waals surface area contributed by atoms with Crippen LogP contribution in [0.15, 0.2) is 52.9 Å². The van der Waals surface area contributed by atoms with Gasteiger partial charge in [0.1, 0.15) is 11.9 Å². The van der Waals surface area contributed by atoms with Gasteiger partial charge in [-0.25, -0.2) is 4.98 Å². The number of carbonyl (C=O) groups is 1. The maximum atomic E-state index is 11.6. The van der Waals surface area contributed by atoms with Crippen LogP contribution >= 0.6 is 0 Å². The highest BCUT2D eigenvalue weighted by Gasteiger charge is 2.13. The Labute approximate surface area is 120 Å². The molecule has 0 unspecified atom stereocenters. The molecule has 0 atom stereocenters. The Kier molecular flexibility index (Phi) is 3.36. The van der Waals surface area contributed by atoms with Gasteiger partial charge in [-0.2, -0.15) is 5.26 Å². The van der Waals surface area contributed by atoms with Crippen LogP contribution in [-0.4, -0.2) is 10.9 Å². The van der Waals surface area contributed by atoms with Crippen LogP contribution in [0.3, 0.4) is 0 Å². The molecular formula is C16H11N3O2. The molecule has 1 N–H and O–H groups in total. The van der Waals surface area contributed by atoms with Crippen molar-refractivity contribution < 1.29 is 9.21 Å². The molecule has 21 heavy (non-hydrogen) atoms. The van der Waals surface area contributed by atoms with Crippen molar-refractivity contribution in [3.63, 3.8) is 0 Å². The summed E-state index contributed by atoms with van der Waals surface area (Å²) in [5.41, 5.74) is 2.70. The van der Waals surface area contributed by atoms with Crippen LogP contribution in [0.1, 0.15) is 6.42 Å². The average molecular weight is 277 g/mol. The van der Waals surface area contributed by atoms with E-state index in [0.29, 0.717) is 22.7 Å². The van der Waals surface area contributed by atoms with Crippen molar-refractivity contribution >= 4 is 22.7 Å². The van der Waals surface area contributed by atoms with Gasteiger partial charge < -0.3 is 9.73 Å². The van der Waals surface area contributed by atoms with Crippen LogP contribution in [-0.2, 0) is 4.79 Å². The van der Waals surface area contributed by atoms with Crippen molar-refractivity contribution in [2.75, 3.05) is 5.32 Å². The van der Waals surface area contributed by atoms with Gasteiger partial charge in [0.15, 0.2) is 5.58 Å². The first kappa shape index (κ1) is 12.9. The Hall–Kier alpha value is -3.13. The van der Waals surface area contributed by atoms with Crippen LogP contribution in [0.5, 0.6) is 0 Å². The number of rotatable bonds is 3. The number of hydrogen-bond acceptors (Lipinski definition) is 4. The van der Waals surface area contributed by atoms with Gasteiger partial charge in [-0.3, -0.25) is 4.79 Å². The summed E-state index contributed by atoms with van der Waals surface area (Å²) in [6.45, 7) is 0. The van der Waals surface area contributed by atoms with Gasteiger partial charge in [0.25, 0.3) is 0 Å². The maximum absolute atomic E-state index is 11.6. The number of nitrogens with one attached hydrogen (secondary N) is 1. The van der Waals surface area contributed by atoms with Crippen LogP contribution < -0.4 is 5.32 Å². The number of nitriles is 1. The van der Waals surface area contributed by atoms with E-state index in [9.17, 15) is 4.79 Å². The minimum atomic E-state index is -0.360. The Morgan fingerprint density at radius 1 is 1.19 bits per heavy atom. The zero-order chi connectivity index (χ0) is 14.7. The van der Waals surface area contributed by atoms with E-state index in [1.807, 2.05) is 42.5 Å². The average Bonchev–Trinajstić information content (AvgIpc) is 2.91. The molecule has 102 valence electrons. The van der Waals surface area contributed by atoms with Gasteiger partial charge in [0.05, 0.1) is 17.3 Å². The highest BCUT2D eigenvalue weighted by molar-refractivity contribution is 5.96. The first-order chi connectivity index (χ1) is 10.3. The van der Waals surface area contributed by atoms with Gasteiger partial charge >= 0.3 is 0 Å². The summed E-state index contributed by atoms with van der Waals surface area (Å²) in [5, 5.41) is 11.2. The number of carbonyl (C=O) groups excluding carboxylic acids is 1. The number of fused-ring (bicyclic) bond motifs is 1. The van der Waals surface area contributed by atoms with Gasteiger partial charge in [0.2, 0.25) is 11.8 Å². The molecule has 0 aliphatic heterocycles. The zero-order valence-corrected chi connectivity index (χ0v) is 11.0. The fourth-order valence-electron chi connectivity index (χ4n) is 2.03. The quantitative estimate of drug-likeness (QED) is 0.796. The normalized spacial score (nSPS) is 10.2. The molecule has 1 amide bonds. The third-order valence-electron chi connectivity index (χ3n) is 2.97. The van der Waals surface area contributed by atoms with Gasteiger partial charge in [-0.1, -0.05) is 24.3 Å². The van der Waals surface area contributed by atoms with Crippen molar-refractivity contribution in [1.82, 2.24) is 4.98 Å². The van der Waals surface area contributed by atoms with E-state index >= 15 is 0 Å². The lowest BCUT2D eigenvalue weighted by Crippen LogP contribution is -2.10. The Morgan fingerprint density at radius 2 is 1.95 bits per heavy atom. The monoisotopic (exact) mass is 277 g/mol. The first-order valence-electron chi connectivity index (χ1n) is 6.40. The van der Waals surface area contributed by atoms with E-state index in [1.165, 1.54) is 0 Å². The third kappa shape index (κ3) is 2.60. The molecule has 5 heteroatoms. The topological polar surface area (TPSA) is 78.9 Å². The summed E-state index contributed by atoms with van der Waals surface area (Å²) in [4.78, 5) is 16.0. The Balaban J connectivity index is 2.02. The second kappa shape index (κ2) is 5.47. The first-order valence-corrected chi connectivity index (χ1v) is 6.40. The molecule has 2 aromatic carbocycles. The highest BCUT2D eigenvalue weighted by Crippen LogP contribution is 2.29. The number of benzene rings is 2. The number of oxazole rings is 1. The maximum Gasteiger partial charge on any atom is 0.238 e. The molecule has 0 fully saturated rings. The zero-order valence-electron chi connectivity index (χ0n) is 11.0. The lowest BCUT2D eigenvalue weighted by molar-refractivity contribution is -0.115. The summed E-state index contributed by atoms with van der Waals surface area (Å²) < 4.78 is 5.71. The summed E-state index contributed by atoms with van der Waals surface area (Å²) in [7, 11) is 0. The Bertz CT molecular complexity index is 813. The van der Waals surface area contributed by atoms with Crippen molar-refractivity contribution in [3.8, 4) is 17.5 Å². The minimum Gasteiger partial charge on any atom is -0.436 e. The molecule has 0 saturated carbocycles. The van der Waals surface area contributed by atoms with Gasteiger partial charge in [-0.15, -0.1) is 0 Å². The molecule has 0 aliphatic rings. The molecule has 0 bridgehead atoms. The number of hydrogen-bond donors (Lipinski definition) is 1. The Morgan fingerprint density at radius 3 is 2.76 bits per heavy atom. The molecule has 0 spiro atoms. The summed E-state index contributed by atoms with van der Waals surface area (Å²) in [6, 6.07) is 16.5. The van der Waals surface area contributed by atoms with E-state index in [2.05, 4.69) is 10.3 Å². The molecule has 1 aromatic heterocycles. The smallest absolute Gasteiger partial charge is 0.238 e. The van der Waals surface area contributed by atoms with Gasteiger partial charge in [0, 0.05) is 0 Å². The summed E-state index contributed by atoms with van der Waals surface area (Å²) >= 11 is 0. The highest BCUT2D eigenvalue weighted by atomic mass is 16.3. The second-order valence-corrected chi connectivity index (χ2v) is 4.42. The molecule has 0 radical (unpaired) electrons. The standard InChI is InChI=1S/C16H11N3O2/c17-10-9-15(20)18-12-6-2-1-5-11(12)16-19-13-7-3-4-8-14(13)21-16/h1-8H,9H2,(H,18,20). The fraction of sp³-hybridized carbons (Fsp3) is 0.0625. The third-order valence-corrected chi connectivity index (χ3v) is 2.97. The van der Waals surface area contributed by atoms with E-state index < -0.39 is 0 Å². The number of aromatic nitrogens is 1. The molecular weight excluding hydrogens is 266 g/mol. The SMILES string of the molecule is N#CCC(=O)Nc1ccccc1-c1nc2ccccc2o1.